The molecule has 0 saturated carbocycles. The fourth-order valence-corrected chi connectivity index (χ4v) is 2.22. The summed E-state index contributed by atoms with van der Waals surface area (Å²) in [7, 11) is 0. The Bertz CT molecular complexity index is 470. The SMILES string of the molecule is CCOC(=O)[C@@](C)(NC(=O)c1scnc1C)C(C)C. The van der Waals surface area contributed by atoms with Gasteiger partial charge in [-0.15, -0.1) is 11.3 Å². The van der Waals surface area contributed by atoms with Crippen LogP contribution in [0.4, 0.5) is 0 Å². The minimum Gasteiger partial charge on any atom is -0.464 e. The highest BCUT2D eigenvalue weighted by molar-refractivity contribution is 7.11. The molecule has 0 spiro atoms. The van der Waals surface area contributed by atoms with Crippen LogP contribution in [0.15, 0.2) is 5.51 Å². The summed E-state index contributed by atoms with van der Waals surface area (Å²) in [4.78, 5) is 28.8. The molecule has 0 aliphatic heterocycles. The Morgan fingerprint density at radius 1 is 1.53 bits per heavy atom. The second-order valence-electron chi connectivity index (χ2n) is 4.80. The maximum atomic E-state index is 12.2. The molecule has 5 nitrogen and oxygen atoms in total. The van der Waals surface area contributed by atoms with Gasteiger partial charge >= 0.3 is 5.97 Å². The van der Waals surface area contributed by atoms with Gasteiger partial charge in [0.05, 0.1) is 17.8 Å². The smallest absolute Gasteiger partial charge is 0.331 e. The van der Waals surface area contributed by atoms with Crippen molar-refractivity contribution in [1.29, 1.82) is 0 Å². The van der Waals surface area contributed by atoms with E-state index in [1.807, 2.05) is 13.8 Å². The highest BCUT2D eigenvalue weighted by atomic mass is 32.1. The van der Waals surface area contributed by atoms with E-state index in [1.165, 1.54) is 11.3 Å². The number of ether oxygens (including phenoxy) is 1. The predicted octanol–water partition coefficient (Wildman–Crippen LogP) is 2.16. The number of carbonyl (C=O) groups excluding carboxylic acids is 2. The molecule has 0 bridgehead atoms. The Hall–Kier alpha value is -1.43. The number of amides is 1. The maximum Gasteiger partial charge on any atom is 0.331 e. The summed E-state index contributed by atoms with van der Waals surface area (Å²) >= 11 is 1.26. The minimum absolute atomic E-state index is 0.0799. The Balaban J connectivity index is 2.94. The fraction of sp³-hybridized carbons (Fsp3) is 0.615. The Morgan fingerprint density at radius 3 is 2.58 bits per heavy atom. The third kappa shape index (κ3) is 3.32. The zero-order valence-corrected chi connectivity index (χ0v) is 12.8. The summed E-state index contributed by atoms with van der Waals surface area (Å²) in [6.07, 6.45) is 0. The van der Waals surface area contributed by atoms with Crippen LogP contribution in [0.3, 0.4) is 0 Å². The molecule has 1 heterocycles. The van der Waals surface area contributed by atoms with E-state index in [-0.39, 0.29) is 18.4 Å². The van der Waals surface area contributed by atoms with Gasteiger partial charge in [0.2, 0.25) is 0 Å². The first-order valence-electron chi connectivity index (χ1n) is 6.22. The predicted molar refractivity (Wildman–Crippen MR) is 74.2 cm³/mol. The number of rotatable bonds is 5. The lowest BCUT2D eigenvalue weighted by Crippen LogP contribution is -2.56. The van der Waals surface area contributed by atoms with Crippen LogP contribution in [0.25, 0.3) is 0 Å². The number of hydrogen-bond acceptors (Lipinski definition) is 5. The summed E-state index contributed by atoms with van der Waals surface area (Å²) in [5.74, 6) is -0.784. The summed E-state index contributed by atoms with van der Waals surface area (Å²) in [5.41, 5.74) is 1.24. The Kier molecular flexibility index (Phi) is 5.05. The molecule has 1 rings (SSSR count). The van der Waals surface area contributed by atoms with Gasteiger partial charge in [-0.1, -0.05) is 13.8 Å². The summed E-state index contributed by atoms with van der Waals surface area (Å²) in [6.45, 7) is 9.23. The Labute approximate surface area is 117 Å². The van der Waals surface area contributed by atoms with E-state index in [4.69, 9.17) is 4.74 Å². The van der Waals surface area contributed by atoms with E-state index in [2.05, 4.69) is 10.3 Å². The van der Waals surface area contributed by atoms with Gasteiger partial charge in [0.15, 0.2) is 0 Å². The first-order valence-corrected chi connectivity index (χ1v) is 7.10. The molecule has 1 aromatic heterocycles. The normalized spacial score (nSPS) is 14.0. The average Bonchev–Trinajstić information content (AvgIpc) is 2.75. The van der Waals surface area contributed by atoms with Crippen LogP contribution >= 0.6 is 11.3 Å². The number of aromatic nitrogens is 1. The van der Waals surface area contributed by atoms with Crippen LogP contribution in [0.1, 0.15) is 43.1 Å². The molecule has 1 N–H and O–H groups in total. The summed E-state index contributed by atoms with van der Waals surface area (Å²) < 4.78 is 5.05. The van der Waals surface area contributed by atoms with Gasteiger partial charge in [-0.25, -0.2) is 9.78 Å². The molecule has 19 heavy (non-hydrogen) atoms. The van der Waals surface area contributed by atoms with E-state index < -0.39 is 11.5 Å². The van der Waals surface area contributed by atoms with Crippen molar-refractivity contribution in [2.24, 2.45) is 5.92 Å². The van der Waals surface area contributed by atoms with E-state index in [1.54, 1.807) is 26.3 Å². The van der Waals surface area contributed by atoms with Gasteiger partial charge in [-0.05, 0) is 26.7 Å². The number of nitrogens with zero attached hydrogens (tertiary/aromatic N) is 1. The largest absolute Gasteiger partial charge is 0.464 e. The number of carbonyl (C=O) groups is 2. The van der Waals surface area contributed by atoms with Crippen molar-refractivity contribution in [3.8, 4) is 0 Å². The van der Waals surface area contributed by atoms with Crippen molar-refractivity contribution in [2.75, 3.05) is 6.61 Å². The molecule has 1 atom stereocenters. The molecule has 0 aliphatic rings. The molecule has 0 saturated heterocycles. The van der Waals surface area contributed by atoms with Crippen LogP contribution in [0.5, 0.6) is 0 Å². The monoisotopic (exact) mass is 284 g/mol. The second kappa shape index (κ2) is 6.14. The first-order chi connectivity index (χ1) is 8.82. The number of hydrogen-bond donors (Lipinski definition) is 1. The van der Waals surface area contributed by atoms with E-state index in [9.17, 15) is 9.59 Å². The van der Waals surface area contributed by atoms with Crippen molar-refractivity contribution in [1.82, 2.24) is 10.3 Å². The highest BCUT2D eigenvalue weighted by Crippen LogP contribution is 2.21. The number of aryl methyl sites for hydroxylation is 1. The minimum atomic E-state index is -1.04. The van der Waals surface area contributed by atoms with Crippen LogP contribution in [0, 0.1) is 12.8 Å². The van der Waals surface area contributed by atoms with E-state index in [0.29, 0.717) is 10.6 Å². The standard InChI is InChI=1S/C13H20N2O3S/c1-6-18-12(17)13(5,8(2)3)15-11(16)10-9(4)14-7-19-10/h7-8H,6H2,1-5H3,(H,15,16)/t13-/m0/s1. The molecule has 0 unspecified atom stereocenters. The third-order valence-electron chi connectivity index (χ3n) is 3.18. The molecule has 1 amide bonds. The summed E-state index contributed by atoms with van der Waals surface area (Å²) in [6, 6.07) is 0. The number of thiazole rings is 1. The number of esters is 1. The fourth-order valence-electron chi connectivity index (χ4n) is 1.52. The molecule has 0 aliphatic carbocycles. The zero-order chi connectivity index (χ0) is 14.6. The van der Waals surface area contributed by atoms with Gasteiger partial charge in [0.25, 0.3) is 5.91 Å². The van der Waals surface area contributed by atoms with Crippen molar-refractivity contribution in [3.05, 3.63) is 16.1 Å². The second-order valence-corrected chi connectivity index (χ2v) is 5.65. The topological polar surface area (TPSA) is 68.3 Å². The van der Waals surface area contributed by atoms with Crippen molar-refractivity contribution < 1.29 is 14.3 Å². The quantitative estimate of drug-likeness (QED) is 0.841. The van der Waals surface area contributed by atoms with Gasteiger partial charge in [0.1, 0.15) is 10.4 Å². The molecule has 0 radical (unpaired) electrons. The lowest BCUT2D eigenvalue weighted by molar-refractivity contribution is -0.152. The highest BCUT2D eigenvalue weighted by Gasteiger charge is 2.40. The molecule has 0 aromatic carbocycles. The van der Waals surface area contributed by atoms with E-state index in [0.717, 1.165) is 0 Å². The summed E-state index contributed by atoms with van der Waals surface area (Å²) in [5, 5.41) is 2.78. The molecule has 0 fully saturated rings. The van der Waals surface area contributed by atoms with E-state index >= 15 is 0 Å². The lowest BCUT2D eigenvalue weighted by atomic mass is 9.88. The third-order valence-corrected chi connectivity index (χ3v) is 4.11. The zero-order valence-electron chi connectivity index (χ0n) is 11.9. The number of nitrogens with one attached hydrogen (secondary N) is 1. The molecular weight excluding hydrogens is 264 g/mol. The first kappa shape index (κ1) is 15.6. The van der Waals surface area contributed by atoms with Crippen LogP contribution in [0.2, 0.25) is 0 Å². The average molecular weight is 284 g/mol. The van der Waals surface area contributed by atoms with Gasteiger partial charge in [-0.2, -0.15) is 0 Å². The molecular formula is C13H20N2O3S. The molecule has 106 valence electrons. The van der Waals surface area contributed by atoms with Crippen LogP contribution in [-0.4, -0.2) is 29.0 Å². The van der Waals surface area contributed by atoms with Gasteiger partial charge in [-0.3, -0.25) is 4.79 Å². The van der Waals surface area contributed by atoms with Crippen molar-refractivity contribution in [2.45, 2.75) is 40.2 Å². The maximum absolute atomic E-state index is 12.2. The lowest BCUT2D eigenvalue weighted by Gasteiger charge is -2.32. The molecule has 6 heteroatoms. The van der Waals surface area contributed by atoms with Crippen LogP contribution < -0.4 is 5.32 Å². The van der Waals surface area contributed by atoms with Crippen molar-refractivity contribution >= 4 is 23.2 Å². The van der Waals surface area contributed by atoms with Gasteiger partial charge < -0.3 is 10.1 Å². The van der Waals surface area contributed by atoms with Gasteiger partial charge in [0, 0.05) is 0 Å². The molecule has 1 aromatic rings. The van der Waals surface area contributed by atoms with Crippen molar-refractivity contribution in [3.63, 3.8) is 0 Å². The van der Waals surface area contributed by atoms with Crippen LogP contribution in [-0.2, 0) is 9.53 Å². The Morgan fingerprint density at radius 2 is 2.16 bits per heavy atom.